The van der Waals surface area contributed by atoms with Crippen LogP contribution < -0.4 is 16.0 Å². The molecule has 5 rings (SSSR count). The van der Waals surface area contributed by atoms with Crippen molar-refractivity contribution in [3.63, 3.8) is 0 Å². The summed E-state index contributed by atoms with van der Waals surface area (Å²) in [6, 6.07) is 30.6. The van der Waals surface area contributed by atoms with E-state index in [1.807, 2.05) is 54.8 Å². The summed E-state index contributed by atoms with van der Waals surface area (Å²) in [5, 5.41) is 10.3. The molecule has 7 nitrogen and oxygen atoms in total. The second kappa shape index (κ2) is 14.4. The van der Waals surface area contributed by atoms with Crippen LogP contribution in [0.25, 0.3) is 6.08 Å². The summed E-state index contributed by atoms with van der Waals surface area (Å²) in [6.07, 6.45) is 1.48. The number of aromatic nitrogens is 1. The van der Waals surface area contributed by atoms with Gasteiger partial charge in [0, 0.05) is 21.5 Å². The number of aryl methyl sites for hydroxylation is 1. The molecule has 1 unspecified atom stereocenters. The molecule has 44 heavy (non-hydrogen) atoms. The van der Waals surface area contributed by atoms with Crippen LogP contribution in [0.15, 0.2) is 125 Å². The van der Waals surface area contributed by atoms with Gasteiger partial charge in [-0.1, -0.05) is 60.7 Å². The van der Waals surface area contributed by atoms with Gasteiger partial charge in [-0.15, -0.1) is 23.1 Å². The summed E-state index contributed by atoms with van der Waals surface area (Å²) in [4.78, 5) is 44.6. The zero-order valence-corrected chi connectivity index (χ0v) is 25.1. The molecule has 1 heterocycles. The van der Waals surface area contributed by atoms with Gasteiger partial charge in [-0.25, -0.2) is 9.37 Å². The summed E-state index contributed by atoms with van der Waals surface area (Å²) in [6.45, 7) is 1.87. The number of nitrogens with zero attached hydrogens (tertiary/aromatic N) is 1. The fraction of sp³-hybridized carbons (Fsp3) is 0.0588. The van der Waals surface area contributed by atoms with Gasteiger partial charge in [-0.3, -0.25) is 14.4 Å². The molecule has 0 fully saturated rings. The third-order valence-corrected chi connectivity index (χ3v) is 8.41. The van der Waals surface area contributed by atoms with Crippen molar-refractivity contribution in [2.45, 2.75) is 17.1 Å². The van der Waals surface area contributed by atoms with E-state index in [-0.39, 0.29) is 11.6 Å². The van der Waals surface area contributed by atoms with E-state index in [4.69, 9.17) is 0 Å². The van der Waals surface area contributed by atoms with Gasteiger partial charge in [0.05, 0.1) is 5.69 Å². The number of thiazole rings is 1. The second-order valence-electron chi connectivity index (χ2n) is 9.60. The van der Waals surface area contributed by atoms with Crippen molar-refractivity contribution in [2.24, 2.45) is 0 Å². The Morgan fingerprint density at radius 2 is 1.50 bits per heavy atom. The first-order chi connectivity index (χ1) is 21.3. The van der Waals surface area contributed by atoms with Gasteiger partial charge >= 0.3 is 0 Å². The van der Waals surface area contributed by atoms with E-state index in [1.165, 1.54) is 53.4 Å². The van der Waals surface area contributed by atoms with E-state index in [1.54, 1.807) is 42.5 Å². The zero-order chi connectivity index (χ0) is 30.9. The Morgan fingerprint density at radius 3 is 2.14 bits per heavy atom. The summed E-state index contributed by atoms with van der Waals surface area (Å²) >= 11 is 2.74. The first-order valence-electron chi connectivity index (χ1n) is 13.5. The Hall–Kier alpha value is -5.06. The molecule has 1 aromatic heterocycles. The quantitative estimate of drug-likeness (QED) is 0.111. The molecule has 3 N–H and O–H groups in total. The van der Waals surface area contributed by atoms with Crippen molar-refractivity contribution < 1.29 is 18.8 Å². The van der Waals surface area contributed by atoms with E-state index < -0.39 is 22.9 Å². The number of carbonyl (C=O) groups is 3. The van der Waals surface area contributed by atoms with Crippen molar-refractivity contribution in [1.29, 1.82) is 0 Å². The third-order valence-electron chi connectivity index (χ3n) is 6.27. The predicted octanol–water partition coefficient (Wildman–Crippen LogP) is 7.47. The Labute approximate surface area is 262 Å². The number of amides is 3. The summed E-state index contributed by atoms with van der Waals surface area (Å²) < 4.78 is 13.5. The molecule has 3 amide bonds. The minimum atomic E-state index is -0.556. The SMILES string of the molecule is Cc1csc(NC(=O)C(Sc2ccc(NC(=O)/C(=C/c3ccc(F)cc3)NC(=O)c3ccccc3)cc2)c2ccccc2)n1. The molecule has 0 bridgehead atoms. The van der Waals surface area contributed by atoms with Crippen molar-refractivity contribution in [1.82, 2.24) is 10.3 Å². The number of nitrogens with one attached hydrogen (secondary N) is 3. The maximum Gasteiger partial charge on any atom is 0.272 e. The van der Waals surface area contributed by atoms with Crippen molar-refractivity contribution in [3.8, 4) is 0 Å². The largest absolute Gasteiger partial charge is 0.321 e. The molecule has 0 radical (unpaired) electrons. The highest BCUT2D eigenvalue weighted by atomic mass is 32.2. The van der Waals surface area contributed by atoms with Gasteiger partial charge in [0.15, 0.2) is 5.13 Å². The smallest absolute Gasteiger partial charge is 0.272 e. The van der Waals surface area contributed by atoms with Gasteiger partial charge < -0.3 is 16.0 Å². The molecule has 220 valence electrons. The summed E-state index contributed by atoms with van der Waals surface area (Å²) in [7, 11) is 0. The lowest BCUT2D eigenvalue weighted by molar-refractivity contribution is -0.116. The standard InChI is InChI=1S/C34H27FN4O3S2/c1-22-21-43-34(36-22)39-33(42)30(24-8-4-2-5-9-24)44-28-18-16-27(17-19-28)37-32(41)29(20-23-12-14-26(35)15-13-23)38-31(40)25-10-6-3-7-11-25/h2-21,30H,1H3,(H,37,41)(H,38,40)(H,36,39,42)/b29-20-. The molecule has 0 aliphatic rings. The molecule has 1 atom stereocenters. The van der Waals surface area contributed by atoms with Crippen LogP contribution in [0.1, 0.15) is 32.4 Å². The molecular weight excluding hydrogens is 596 g/mol. The van der Waals surface area contributed by atoms with Gasteiger partial charge in [0.1, 0.15) is 16.8 Å². The number of hydrogen-bond donors (Lipinski definition) is 3. The monoisotopic (exact) mass is 622 g/mol. The first kappa shape index (κ1) is 30.4. The van der Waals surface area contributed by atoms with Crippen LogP contribution in [-0.4, -0.2) is 22.7 Å². The number of benzene rings is 4. The average Bonchev–Trinajstić information content (AvgIpc) is 3.46. The lowest BCUT2D eigenvalue weighted by atomic mass is 10.1. The Kier molecular flexibility index (Phi) is 9.96. The molecular formula is C34H27FN4O3S2. The highest BCUT2D eigenvalue weighted by molar-refractivity contribution is 8.00. The maximum atomic E-state index is 13.5. The van der Waals surface area contributed by atoms with Crippen LogP contribution in [0.5, 0.6) is 0 Å². The lowest BCUT2D eigenvalue weighted by Gasteiger charge is -2.17. The number of carbonyl (C=O) groups excluding carboxylic acids is 3. The fourth-order valence-electron chi connectivity index (χ4n) is 4.10. The maximum absolute atomic E-state index is 13.5. The molecule has 0 aliphatic heterocycles. The molecule has 0 saturated carbocycles. The molecule has 5 aromatic rings. The number of rotatable bonds is 10. The van der Waals surface area contributed by atoms with Crippen molar-refractivity contribution >= 4 is 57.7 Å². The average molecular weight is 623 g/mol. The minimum Gasteiger partial charge on any atom is -0.321 e. The molecule has 0 spiro atoms. The number of halogens is 1. The normalized spacial score (nSPS) is 11.8. The molecule has 0 saturated heterocycles. The van der Waals surface area contributed by atoms with E-state index in [0.29, 0.717) is 21.9 Å². The van der Waals surface area contributed by atoms with Crippen LogP contribution in [-0.2, 0) is 9.59 Å². The number of hydrogen-bond acceptors (Lipinski definition) is 6. The van der Waals surface area contributed by atoms with Crippen LogP contribution >= 0.6 is 23.1 Å². The van der Waals surface area contributed by atoms with E-state index in [0.717, 1.165) is 16.2 Å². The van der Waals surface area contributed by atoms with Crippen LogP contribution in [0.4, 0.5) is 15.2 Å². The Morgan fingerprint density at radius 1 is 0.841 bits per heavy atom. The van der Waals surface area contributed by atoms with Crippen LogP contribution in [0.3, 0.4) is 0 Å². The highest BCUT2D eigenvalue weighted by Crippen LogP contribution is 2.37. The Bertz CT molecular complexity index is 1780. The topological polar surface area (TPSA) is 100 Å². The molecule has 4 aromatic carbocycles. The van der Waals surface area contributed by atoms with E-state index in [9.17, 15) is 18.8 Å². The zero-order valence-electron chi connectivity index (χ0n) is 23.5. The molecule has 10 heteroatoms. The van der Waals surface area contributed by atoms with Crippen LogP contribution in [0.2, 0.25) is 0 Å². The third kappa shape index (κ3) is 8.27. The summed E-state index contributed by atoms with van der Waals surface area (Å²) in [5.74, 6) is -1.62. The highest BCUT2D eigenvalue weighted by Gasteiger charge is 2.23. The lowest BCUT2D eigenvalue weighted by Crippen LogP contribution is -2.30. The van der Waals surface area contributed by atoms with Crippen molar-refractivity contribution in [3.05, 3.63) is 148 Å². The van der Waals surface area contributed by atoms with Crippen molar-refractivity contribution in [2.75, 3.05) is 10.6 Å². The molecule has 0 aliphatic carbocycles. The van der Waals surface area contributed by atoms with E-state index >= 15 is 0 Å². The number of anilines is 2. The summed E-state index contributed by atoms with van der Waals surface area (Å²) in [5.41, 5.74) is 3.07. The minimum absolute atomic E-state index is 0.0119. The predicted molar refractivity (Wildman–Crippen MR) is 174 cm³/mol. The number of thioether (sulfide) groups is 1. The van der Waals surface area contributed by atoms with Gasteiger partial charge in [0.2, 0.25) is 5.91 Å². The fourth-order valence-corrected chi connectivity index (χ4v) is 5.82. The van der Waals surface area contributed by atoms with Gasteiger partial charge in [-0.05, 0) is 72.7 Å². The van der Waals surface area contributed by atoms with E-state index in [2.05, 4.69) is 20.9 Å². The van der Waals surface area contributed by atoms with Gasteiger partial charge in [-0.2, -0.15) is 0 Å². The second-order valence-corrected chi connectivity index (χ2v) is 11.6. The van der Waals surface area contributed by atoms with Crippen LogP contribution in [0, 0.1) is 12.7 Å². The first-order valence-corrected chi connectivity index (χ1v) is 15.3. The van der Waals surface area contributed by atoms with Gasteiger partial charge in [0.25, 0.3) is 11.8 Å². The Balaban J connectivity index is 1.32.